The van der Waals surface area contributed by atoms with Crippen molar-refractivity contribution in [3.8, 4) is 16.9 Å². The smallest absolute Gasteiger partial charge is 0.341 e. The Morgan fingerprint density at radius 2 is 1.83 bits per heavy atom. The van der Waals surface area contributed by atoms with Crippen molar-refractivity contribution in [2.75, 3.05) is 19.0 Å². The average Bonchev–Trinajstić information content (AvgIpc) is 3.04. The number of carbonyl (C=O) groups is 2. The molecule has 0 atom stereocenters. The Morgan fingerprint density at radius 3 is 2.52 bits per heavy atom. The van der Waals surface area contributed by atoms with E-state index in [4.69, 9.17) is 32.7 Å². The number of anilines is 1. The van der Waals surface area contributed by atoms with Crippen molar-refractivity contribution in [1.82, 2.24) is 0 Å². The van der Waals surface area contributed by atoms with Gasteiger partial charge in [0.15, 0.2) is 6.61 Å². The first kappa shape index (κ1) is 21.2. The van der Waals surface area contributed by atoms with Crippen molar-refractivity contribution in [3.63, 3.8) is 0 Å². The van der Waals surface area contributed by atoms with E-state index >= 15 is 0 Å². The van der Waals surface area contributed by atoms with Crippen molar-refractivity contribution in [2.45, 2.75) is 6.92 Å². The van der Waals surface area contributed by atoms with Crippen LogP contribution in [-0.2, 0) is 9.53 Å². The van der Waals surface area contributed by atoms with Gasteiger partial charge in [0.25, 0.3) is 5.91 Å². The summed E-state index contributed by atoms with van der Waals surface area (Å²) in [6.07, 6.45) is 0. The summed E-state index contributed by atoms with van der Waals surface area (Å²) in [6.45, 7) is 1.59. The van der Waals surface area contributed by atoms with Gasteiger partial charge >= 0.3 is 5.97 Å². The molecule has 3 aromatic rings. The number of ether oxygens (including phenoxy) is 2. The quantitative estimate of drug-likeness (QED) is 0.480. The maximum Gasteiger partial charge on any atom is 0.341 e. The Bertz CT molecular complexity index is 1050. The lowest BCUT2D eigenvalue weighted by Gasteiger charge is -2.10. The third-order valence-corrected chi connectivity index (χ3v) is 5.61. The zero-order valence-electron chi connectivity index (χ0n) is 15.6. The fourth-order valence-electron chi connectivity index (χ4n) is 2.78. The topological polar surface area (TPSA) is 64.6 Å². The molecular formula is C21H17Cl2NO4S. The molecule has 0 fully saturated rings. The van der Waals surface area contributed by atoms with E-state index in [0.717, 1.165) is 16.0 Å². The molecule has 2 aromatic carbocycles. The molecule has 1 N–H and O–H groups in total. The number of amides is 1. The van der Waals surface area contributed by atoms with Gasteiger partial charge in [0.1, 0.15) is 16.3 Å². The van der Waals surface area contributed by atoms with Crippen LogP contribution >= 0.6 is 34.5 Å². The summed E-state index contributed by atoms with van der Waals surface area (Å²) in [5.41, 5.74) is 1.91. The van der Waals surface area contributed by atoms with Gasteiger partial charge in [-0.25, -0.2) is 4.79 Å². The second-order valence-electron chi connectivity index (χ2n) is 6.01. The predicted octanol–water partition coefficient (Wildman–Crippen LogP) is 5.83. The third kappa shape index (κ3) is 4.90. The maximum absolute atomic E-state index is 12.5. The fourth-order valence-corrected chi connectivity index (χ4v) is 4.19. The van der Waals surface area contributed by atoms with Gasteiger partial charge in [-0.1, -0.05) is 53.5 Å². The van der Waals surface area contributed by atoms with Gasteiger partial charge in [0.05, 0.1) is 12.1 Å². The zero-order valence-corrected chi connectivity index (χ0v) is 18.0. The summed E-state index contributed by atoms with van der Waals surface area (Å²) in [6, 6.07) is 14.2. The number of nitrogens with one attached hydrogen (secondary N) is 1. The molecule has 0 radical (unpaired) electrons. The first-order chi connectivity index (χ1) is 13.9. The molecule has 1 heterocycles. The first-order valence-electron chi connectivity index (χ1n) is 8.55. The van der Waals surface area contributed by atoms with Crippen molar-refractivity contribution in [2.24, 2.45) is 0 Å². The van der Waals surface area contributed by atoms with Gasteiger partial charge in [-0.3, -0.25) is 4.79 Å². The van der Waals surface area contributed by atoms with Crippen LogP contribution in [0.1, 0.15) is 15.2 Å². The molecule has 0 aliphatic carbocycles. The molecule has 1 amide bonds. The number of hydrogen-bond acceptors (Lipinski definition) is 5. The molecule has 0 spiro atoms. The number of hydrogen-bond donors (Lipinski definition) is 1. The highest BCUT2D eigenvalue weighted by Gasteiger charge is 2.25. The fraction of sp³-hybridized carbons (Fsp3) is 0.143. The highest BCUT2D eigenvalue weighted by atomic mass is 35.5. The summed E-state index contributed by atoms with van der Waals surface area (Å²) >= 11 is 13.3. The van der Waals surface area contributed by atoms with Crippen molar-refractivity contribution in [1.29, 1.82) is 0 Å². The first-order valence-corrected chi connectivity index (χ1v) is 10.1. The number of esters is 1. The lowest BCUT2D eigenvalue weighted by atomic mass is 10.0. The summed E-state index contributed by atoms with van der Waals surface area (Å²) < 4.78 is 10.4. The molecule has 0 unspecified atom stereocenters. The van der Waals surface area contributed by atoms with Gasteiger partial charge < -0.3 is 14.8 Å². The molecule has 0 aliphatic rings. The van der Waals surface area contributed by atoms with Crippen molar-refractivity contribution < 1.29 is 19.1 Å². The number of methoxy groups -OCH3 is 1. The van der Waals surface area contributed by atoms with E-state index in [2.05, 4.69) is 5.32 Å². The minimum absolute atomic E-state index is 0.293. The SMILES string of the molecule is COC(=O)c1c(NC(=O)COc2cc(Cl)ccc2Cl)sc(C)c1-c1ccccc1. The Balaban J connectivity index is 1.84. The minimum Gasteiger partial charge on any atom is -0.482 e. The van der Waals surface area contributed by atoms with E-state index in [9.17, 15) is 9.59 Å². The number of rotatable bonds is 6. The Hall–Kier alpha value is -2.54. The van der Waals surface area contributed by atoms with E-state index in [-0.39, 0.29) is 6.61 Å². The standard InChI is InChI=1S/C21H17Cl2NO4S/c1-12-18(13-6-4-3-5-7-13)19(21(26)27-2)20(29-12)24-17(25)11-28-16-10-14(22)8-9-15(16)23/h3-10H,11H2,1-2H3,(H,24,25). The summed E-state index contributed by atoms with van der Waals surface area (Å²) in [5, 5.41) is 3.93. The number of halogens is 2. The normalized spacial score (nSPS) is 10.5. The van der Waals surface area contributed by atoms with Crippen molar-refractivity contribution >= 4 is 51.4 Å². The van der Waals surface area contributed by atoms with Crippen LogP contribution in [0.3, 0.4) is 0 Å². The zero-order chi connectivity index (χ0) is 21.0. The molecule has 0 saturated carbocycles. The predicted molar refractivity (Wildman–Crippen MR) is 116 cm³/mol. The lowest BCUT2D eigenvalue weighted by molar-refractivity contribution is -0.118. The molecule has 0 saturated heterocycles. The second kappa shape index (κ2) is 9.31. The number of aryl methyl sites for hydroxylation is 1. The van der Waals surface area contributed by atoms with Crippen LogP contribution in [0.25, 0.3) is 11.1 Å². The van der Waals surface area contributed by atoms with Crippen LogP contribution in [0.15, 0.2) is 48.5 Å². The minimum atomic E-state index is -0.526. The summed E-state index contributed by atoms with van der Waals surface area (Å²) in [5.74, 6) is -0.663. The number of carbonyl (C=O) groups excluding carboxylic acids is 2. The van der Waals surface area contributed by atoms with Gasteiger partial charge in [-0.2, -0.15) is 0 Å². The van der Waals surface area contributed by atoms with Gasteiger partial charge in [0, 0.05) is 21.5 Å². The highest BCUT2D eigenvalue weighted by molar-refractivity contribution is 7.17. The van der Waals surface area contributed by atoms with Crippen LogP contribution in [0.4, 0.5) is 5.00 Å². The number of thiophene rings is 1. The van der Waals surface area contributed by atoms with E-state index in [1.54, 1.807) is 12.1 Å². The Labute approximate surface area is 182 Å². The molecule has 1 aromatic heterocycles. The van der Waals surface area contributed by atoms with Gasteiger partial charge in [-0.15, -0.1) is 11.3 Å². The molecule has 150 valence electrons. The van der Waals surface area contributed by atoms with Gasteiger partial charge in [-0.05, 0) is 24.6 Å². The Morgan fingerprint density at radius 1 is 1.10 bits per heavy atom. The van der Waals surface area contributed by atoms with Crippen LogP contribution < -0.4 is 10.1 Å². The molecule has 5 nitrogen and oxygen atoms in total. The monoisotopic (exact) mass is 449 g/mol. The molecule has 0 bridgehead atoms. The summed E-state index contributed by atoms with van der Waals surface area (Å²) in [7, 11) is 1.31. The highest BCUT2D eigenvalue weighted by Crippen LogP contribution is 2.40. The van der Waals surface area contributed by atoms with Crippen LogP contribution in [0, 0.1) is 6.92 Å². The van der Waals surface area contributed by atoms with Crippen molar-refractivity contribution in [3.05, 3.63) is 69.0 Å². The Kier molecular flexibility index (Phi) is 6.79. The van der Waals surface area contributed by atoms with E-state index in [1.165, 1.54) is 24.5 Å². The average molecular weight is 450 g/mol. The summed E-state index contributed by atoms with van der Waals surface area (Å²) in [4.78, 5) is 25.8. The lowest BCUT2D eigenvalue weighted by Crippen LogP contribution is -2.21. The molecule has 0 aliphatic heterocycles. The molecule has 8 heteroatoms. The van der Waals surface area contributed by atoms with E-state index in [1.807, 2.05) is 37.3 Å². The van der Waals surface area contributed by atoms with Gasteiger partial charge in [0.2, 0.25) is 0 Å². The van der Waals surface area contributed by atoms with Crippen LogP contribution in [-0.4, -0.2) is 25.6 Å². The molecule has 3 rings (SSSR count). The van der Waals surface area contributed by atoms with Crippen LogP contribution in [0.5, 0.6) is 5.75 Å². The van der Waals surface area contributed by atoms with Crippen LogP contribution in [0.2, 0.25) is 10.0 Å². The van der Waals surface area contributed by atoms with E-state index < -0.39 is 11.9 Å². The second-order valence-corrected chi connectivity index (χ2v) is 8.07. The molecule has 29 heavy (non-hydrogen) atoms. The largest absolute Gasteiger partial charge is 0.482 e. The number of benzene rings is 2. The van der Waals surface area contributed by atoms with E-state index in [0.29, 0.717) is 26.4 Å². The third-order valence-electron chi connectivity index (χ3n) is 4.04. The maximum atomic E-state index is 12.5. The molecular weight excluding hydrogens is 433 g/mol.